The van der Waals surface area contributed by atoms with E-state index in [1.54, 1.807) is 14.2 Å². The molecule has 0 saturated carbocycles. The van der Waals surface area contributed by atoms with Gasteiger partial charge in [-0.1, -0.05) is 15.9 Å². The van der Waals surface area contributed by atoms with E-state index in [0.29, 0.717) is 6.54 Å². The van der Waals surface area contributed by atoms with E-state index in [2.05, 4.69) is 15.9 Å². The van der Waals surface area contributed by atoms with Crippen molar-refractivity contribution in [3.8, 4) is 11.5 Å². The fraction of sp³-hybridized carbons (Fsp3) is 0.500. The zero-order valence-corrected chi connectivity index (χ0v) is 11.6. The van der Waals surface area contributed by atoms with Crippen LogP contribution in [0, 0.1) is 6.92 Å². The van der Waals surface area contributed by atoms with Crippen molar-refractivity contribution >= 4 is 15.9 Å². The lowest BCUT2D eigenvalue weighted by Gasteiger charge is -2.16. The van der Waals surface area contributed by atoms with Crippen molar-refractivity contribution in [2.24, 2.45) is 5.73 Å². The zero-order chi connectivity index (χ0) is 12.1. The third kappa shape index (κ3) is 2.68. The van der Waals surface area contributed by atoms with Crippen LogP contribution in [0.4, 0.5) is 0 Å². The van der Waals surface area contributed by atoms with Gasteiger partial charge in [-0.05, 0) is 37.9 Å². The molecule has 0 saturated heterocycles. The van der Waals surface area contributed by atoms with Crippen molar-refractivity contribution < 1.29 is 9.47 Å². The number of nitrogens with two attached hydrogens (primary N) is 1. The quantitative estimate of drug-likeness (QED) is 0.906. The standard InChI is InChI=1S/C12H18BrNO2/c1-8-7-10(15-2)12(16-3)9(11(8)13)5-4-6-14/h7H,4-6,14H2,1-3H3. The number of halogens is 1. The number of benzene rings is 1. The van der Waals surface area contributed by atoms with Crippen LogP contribution in [0.25, 0.3) is 0 Å². The van der Waals surface area contributed by atoms with Gasteiger partial charge in [0.2, 0.25) is 0 Å². The lowest BCUT2D eigenvalue weighted by molar-refractivity contribution is 0.351. The fourth-order valence-corrected chi connectivity index (χ4v) is 2.18. The Kier molecular flexibility index (Phi) is 5.09. The van der Waals surface area contributed by atoms with E-state index < -0.39 is 0 Å². The van der Waals surface area contributed by atoms with E-state index in [9.17, 15) is 0 Å². The van der Waals surface area contributed by atoms with Crippen LogP contribution in [-0.4, -0.2) is 20.8 Å². The van der Waals surface area contributed by atoms with Gasteiger partial charge in [-0.3, -0.25) is 0 Å². The summed E-state index contributed by atoms with van der Waals surface area (Å²) in [5.74, 6) is 1.57. The van der Waals surface area contributed by atoms with Crippen LogP contribution in [0.5, 0.6) is 11.5 Å². The number of aryl methyl sites for hydroxylation is 1. The first kappa shape index (κ1) is 13.3. The van der Waals surface area contributed by atoms with Crippen LogP contribution in [0.3, 0.4) is 0 Å². The average Bonchev–Trinajstić information content (AvgIpc) is 2.30. The van der Waals surface area contributed by atoms with Crippen molar-refractivity contribution in [3.05, 3.63) is 21.7 Å². The van der Waals surface area contributed by atoms with Gasteiger partial charge in [-0.15, -0.1) is 0 Å². The molecule has 0 bridgehead atoms. The minimum absolute atomic E-state index is 0.672. The second kappa shape index (κ2) is 6.11. The summed E-state index contributed by atoms with van der Waals surface area (Å²) in [6.07, 6.45) is 1.82. The highest BCUT2D eigenvalue weighted by Gasteiger charge is 2.15. The summed E-state index contributed by atoms with van der Waals surface area (Å²) >= 11 is 3.59. The van der Waals surface area contributed by atoms with Gasteiger partial charge < -0.3 is 15.2 Å². The molecule has 0 spiro atoms. The minimum Gasteiger partial charge on any atom is -0.493 e. The largest absolute Gasteiger partial charge is 0.493 e. The predicted molar refractivity (Wildman–Crippen MR) is 69.4 cm³/mol. The van der Waals surface area contributed by atoms with Gasteiger partial charge in [0.15, 0.2) is 11.5 Å². The normalized spacial score (nSPS) is 10.3. The summed E-state index contributed by atoms with van der Waals surface area (Å²) in [6, 6.07) is 1.97. The topological polar surface area (TPSA) is 44.5 Å². The molecule has 0 aliphatic rings. The van der Waals surface area contributed by atoms with Gasteiger partial charge in [0.05, 0.1) is 14.2 Å². The molecule has 4 heteroatoms. The summed E-state index contributed by atoms with van der Waals surface area (Å²) in [5, 5.41) is 0. The Bertz CT molecular complexity index is 367. The van der Waals surface area contributed by atoms with Crippen molar-refractivity contribution in [2.75, 3.05) is 20.8 Å². The molecule has 1 aromatic carbocycles. The molecule has 0 fully saturated rings. The smallest absolute Gasteiger partial charge is 0.165 e. The van der Waals surface area contributed by atoms with Crippen LogP contribution >= 0.6 is 15.9 Å². The molecule has 1 rings (SSSR count). The molecule has 2 N–H and O–H groups in total. The maximum atomic E-state index is 5.54. The highest BCUT2D eigenvalue weighted by molar-refractivity contribution is 9.10. The Hall–Kier alpha value is -0.740. The van der Waals surface area contributed by atoms with Gasteiger partial charge in [-0.2, -0.15) is 0 Å². The third-order valence-corrected chi connectivity index (χ3v) is 3.62. The fourth-order valence-electron chi connectivity index (χ4n) is 1.69. The van der Waals surface area contributed by atoms with Gasteiger partial charge in [0.25, 0.3) is 0 Å². The van der Waals surface area contributed by atoms with Crippen LogP contribution in [0.15, 0.2) is 10.5 Å². The summed E-state index contributed by atoms with van der Waals surface area (Å²) < 4.78 is 11.8. The average molecular weight is 288 g/mol. The molecule has 0 aliphatic heterocycles. The third-order valence-electron chi connectivity index (χ3n) is 2.51. The van der Waals surface area contributed by atoms with E-state index in [1.807, 2.05) is 13.0 Å². The van der Waals surface area contributed by atoms with Crippen LogP contribution in [0.2, 0.25) is 0 Å². The lowest BCUT2D eigenvalue weighted by Crippen LogP contribution is -2.04. The number of hydrogen-bond acceptors (Lipinski definition) is 3. The van der Waals surface area contributed by atoms with Gasteiger partial charge >= 0.3 is 0 Å². The summed E-state index contributed by atoms with van der Waals surface area (Å²) in [4.78, 5) is 0. The number of rotatable bonds is 5. The van der Waals surface area contributed by atoms with Gasteiger partial charge in [-0.25, -0.2) is 0 Å². The summed E-state index contributed by atoms with van der Waals surface area (Å²) in [7, 11) is 3.31. The van der Waals surface area contributed by atoms with Crippen LogP contribution < -0.4 is 15.2 Å². The Balaban J connectivity index is 3.23. The SMILES string of the molecule is COc1cc(C)c(Br)c(CCCN)c1OC. The van der Waals surface area contributed by atoms with Crippen molar-refractivity contribution in [3.63, 3.8) is 0 Å². The molecule has 0 aliphatic carbocycles. The first-order valence-electron chi connectivity index (χ1n) is 5.25. The molecule has 0 heterocycles. The molecular weight excluding hydrogens is 270 g/mol. The van der Waals surface area contributed by atoms with E-state index >= 15 is 0 Å². The molecule has 3 nitrogen and oxygen atoms in total. The van der Waals surface area contributed by atoms with E-state index in [4.69, 9.17) is 15.2 Å². The minimum atomic E-state index is 0.672. The summed E-state index contributed by atoms with van der Waals surface area (Å²) in [6.45, 7) is 2.71. The number of methoxy groups -OCH3 is 2. The van der Waals surface area contributed by atoms with E-state index in [1.165, 1.54) is 0 Å². The molecule has 16 heavy (non-hydrogen) atoms. The second-order valence-electron chi connectivity index (χ2n) is 3.61. The molecule has 0 aromatic heterocycles. The van der Waals surface area contributed by atoms with Crippen LogP contribution in [0.1, 0.15) is 17.5 Å². The van der Waals surface area contributed by atoms with Gasteiger partial charge in [0, 0.05) is 10.0 Å². The Morgan fingerprint density at radius 2 is 2.00 bits per heavy atom. The maximum absolute atomic E-state index is 5.54. The first-order valence-corrected chi connectivity index (χ1v) is 6.05. The molecule has 0 unspecified atom stereocenters. The Morgan fingerprint density at radius 1 is 1.31 bits per heavy atom. The molecule has 0 atom stereocenters. The molecular formula is C12H18BrNO2. The first-order chi connectivity index (χ1) is 7.65. The number of hydrogen-bond donors (Lipinski definition) is 1. The zero-order valence-electron chi connectivity index (χ0n) is 9.97. The maximum Gasteiger partial charge on any atom is 0.165 e. The highest BCUT2D eigenvalue weighted by atomic mass is 79.9. The van der Waals surface area contributed by atoms with Crippen LogP contribution in [-0.2, 0) is 6.42 Å². The number of ether oxygens (including phenoxy) is 2. The van der Waals surface area contributed by atoms with Crippen molar-refractivity contribution in [1.29, 1.82) is 0 Å². The molecule has 90 valence electrons. The monoisotopic (exact) mass is 287 g/mol. The predicted octanol–water partition coefficient (Wildman–Crippen LogP) is 2.67. The molecule has 0 amide bonds. The highest BCUT2D eigenvalue weighted by Crippen LogP contribution is 2.39. The van der Waals surface area contributed by atoms with Gasteiger partial charge in [0.1, 0.15) is 0 Å². The Morgan fingerprint density at radius 3 is 2.50 bits per heavy atom. The molecule has 0 radical (unpaired) electrons. The van der Waals surface area contributed by atoms with E-state index in [-0.39, 0.29) is 0 Å². The summed E-state index contributed by atoms with van der Waals surface area (Å²) in [5.41, 5.74) is 7.81. The van der Waals surface area contributed by atoms with Crippen molar-refractivity contribution in [2.45, 2.75) is 19.8 Å². The van der Waals surface area contributed by atoms with Crippen molar-refractivity contribution in [1.82, 2.24) is 0 Å². The second-order valence-corrected chi connectivity index (χ2v) is 4.41. The van der Waals surface area contributed by atoms with E-state index in [0.717, 1.165) is 39.9 Å². The Labute approximate surface area is 105 Å². The molecule has 1 aromatic rings. The lowest BCUT2D eigenvalue weighted by atomic mass is 10.0.